The van der Waals surface area contributed by atoms with Gasteiger partial charge in [-0.25, -0.2) is 4.79 Å². The molecule has 8 nitrogen and oxygen atoms in total. The predicted molar refractivity (Wildman–Crippen MR) is 129 cm³/mol. The molecule has 2 aromatic carbocycles. The average Bonchev–Trinajstić information content (AvgIpc) is 3.24. The SMILES string of the molecule is COCCNCCN1C(=O)N2C(c3cccc(O)c3)c3[nH]c4ccc(Cl)cc4c3CC2(C)C1=O. The fraction of sp³-hybridized carbons (Fsp3) is 0.360. The van der Waals surface area contributed by atoms with Crippen LogP contribution in [0.4, 0.5) is 4.79 Å². The van der Waals surface area contributed by atoms with Crippen LogP contribution in [0.5, 0.6) is 5.75 Å². The number of carbonyl (C=O) groups excluding carboxylic acids is 2. The monoisotopic (exact) mass is 482 g/mol. The first kappa shape index (κ1) is 22.7. The highest BCUT2D eigenvalue weighted by molar-refractivity contribution is 6.31. The van der Waals surface area contributed by atoms with Crippen LogP contribution in [0.25, 0.3) is 10.9 Å². The highest BCUT2D eigenvalue weighted by atomic mass is 35.5. The lowest BCUT2D eigenvalue weighted by atomic mass is 9.81. The summed E-state index contributed by atoms with van der Waals surface area (Å²) in [6, 6.07) is 11.6. The largest absolute Gasteiger partial charge is 0.508 e. The summed E-state index contributed by atoms with van der Waals surface area (Å²) in [5, 5.41) is 14.9. The van der Waals surface area contributed by atoms with Crippen molar-refractivity contribution in [2.45, 2.75) is 24.9 Å². The van der Waals surface area contributed by atoms with Gasteiger partial charge >= 0.3 is 6.03 Å². The molecule has 2 unspecified atom stereocenters. The number of aromatic nitrogens is 1. The first-order valence-electron chi connectivity index (χ1n) is 11.3. The van der Waals surface area contributed by atoms with Crippen molar-refractivity contribution in [2.24, 2.45) is 0 Å². The van der Waals surface area contributed by atoms with E-state index in [0.717, 1.165) is 27.7 Å². The molecule has 3 aromatic rings. The van der Waals surface area contributed by atoms with Gasteiger partial charge < -0.3 is 20.1 Å². The molecule has 5 rings (SSSR count). The number of phenols is 1. The van der Waals surface area contributed by atoms with Crippen molar-refractivity contribution < 1.29 is 19.4 Å². The van der Waals surface area contributed by atoms with E-state index in [4.69, 9.17) is 16.3 Å². The summed E-state index contributed by atoms with van der Waals surface area (Å²) in [6.45, 7) is 3.76. The van der Waals surface area contributed by atoms with Crippen LogP contribution in [0.15, 0.2) is 42.5 Å². The minimum Gasteiger partial charge on any atom is -0.508 e. The number of phenolic OH excluding ortho intramolecular Hbond substituents is 1. The Balaban J connectivity index is 1.60. The average molecular weight is 483 g/mol. The second-order valence-electron chi connectivity index (χ2n) is 9.01. The van der Waals surface area contributed by atoms with E-state index < -0.39 is 11.6 Å². The normalized spacial score (nSPS) is 21.9. The summed E-state index contributed by atoms with van der Waals surface area (Å²) < 4.78 is 5.04. The lowest BCUT2D eigenvalue weighted by molar-refractivity contribution is -0.133. The first-order valence-corrected chi connectivity index (χ1v) is 11.7. The molecule has 2 aliphatic rings. The standard InChI is InChI=1S/C25H27ClN4O4/c1-25-14-19-18-13-16(26)6-7-20(18)28-21(19)22(15-4-3-5-17(31)12-15)30(25)24(33)29(23(25)32)10-8-27-9-11-34-2/h3-7,12-13,22,27-28,31H,8-11,14H2,1-2H3. The number of nitrogens with zero attached hydrogens (tertiary/aromatic N) is 2. The number of hydrogen-bond acceptors (Lipinski definition) is 5. The lowest BCUT2D eigenvalue weighted by Crippen LogP contribution is -2.53. The Kier molecular flexibility index (Phi) is 5.75. The van der Waals surface area contributed by atoms with Gasteiger partial charge in [-0.05, 0) is 48.4 Å². The zero-order valence-corrected chi connectivity index (χ0v) is 19.9. The smallest absolute Gasteiger partial charge is 0.328 e. The number of aromatic amines is 1. The van der Waals surface area contributed by atoms with E-state index >= 15 is 0 Å². The summed E-state index contributed by atoms with van der Waals surface area (Å²) >= 11 is 6.30. The van der Waals surface area contributed by atoms with Crippen molar-refractivity contribution >= 4 is 34.4 Å². The maximum absolute atomic E-state index is 13.7. The van der Waals surface area contributed by atoms with Gasteiger partial charge in [0.2, 0.25) is 0 Å². The van der Waals surface area contributed by atoms with Crippen molar-refractivity contribution in [3.63, 3.8) is 0 Å². The van der Waals surface area contributed by atoms with Gasteiger partial charge in [0.25, 0.3) is 5.91 Å². The van der Waals surface area contributed by atoms with Crippen LogP contribution in [-0.2, 0) is 16.0 Å². The molecule has 3 heterocycles. The van der Waals surface area contributed by atoms with Crippen LogP contribution < -0.4 is 5.32 Å². The number of ether oxygens (including phenoxy) is 1. The number of hydrogen-bond donors (Lipinski definition) is 3. The Labute approximate surface area is 202 Å². The molecule has 1 aromatic heterocycles. The van der Waals surface area contributed by atoms with Gasteiger partial charge in [-0.1, -0.05) is 23.7 Å². The van der Waals surface area contributed by atoms with E-state index in [-0.39, 0.29) is 24.2 Å². The van der Waals surface area contributed by atoms with Crippen LogP contribution in [0.3, 0.4) is 0 Å². The molecule has 34 heavy (non-hydrogen) atoms. The zero-order chi connectivity index (χ0) is 24.0. The molecular weight excluding hydrogens is 456 g/mol. The molecule has 178 valence electrons. The second-order valence-corrected chi connectivity index (χ2v) is 9.44. The Bertz CT molecular complexity index is 1280. The Morgan fingerprint density at radius 3 is 2.82 bits per heavy atom. The molecule has 0 spiro atoms. The van der Waals surface area contributed by atoms with Crippen molar-refractivity contribution in [3.8, 4) is 5.75 Å². The molecule has 9 heteroatoms. The topological polar surface area (TPSA) is 97.9 Å². The number of imide groups is 1. The second kappa shape index (κ2) is 8.61. The number of rotatable bonds is 7. The molecule has 0 saturated carbocycles. The maximum Gasteiger partial charge on any atom is 0.328 e. The molecule has 3 amide bonds. The lowest BCUT2D eigenvalue weighted by Gasteiger charge is -2.42. The zero-order valence-electron chi connectivity index (χ0n) is 19.1. The van der Waals surface area contributed by atoms with Crippen molar-refractivity contribution in [1.82, 2.24) is 20.1 Å². The third-order valence-corrected chi connectivity index (χ3v) is 7.04. The summed E-state index contributed by atoms with van der Waals surface area (Å²) in [6.07, 6.45) is 0.371. The molecular formula is C25H27ClN4O4. The number of carbonyl (C=O) groups is 2. The number of amides is 3. The molecule has 0 aliphatic carbocycles. The number of fused-ring (bicyclic) bond motifs is 4. The highest BCUT2D eigenvalue weighted by Gasteiger charge is 2.60. The number of urea groups is 1. The van der Waals surface area contributed by atoms with Gasteiger partial charge in [0, 0.05) is 54.8 Å². The molecule has 2 atom stereocenters. The number of H-pyrrole nitrogens is 1. The van der Waals surface area contributed by atoms with Gasteiger partial charge in [-0.15, -0.1) is 0 Å². The number of methoxy groups -OCH3 is 1. The molecule has 2 aliphatic heterocycles. The Morgan fingerprint density at radius 2 is 2.06 bits per heavy atom. The fourth-order valence-electron chi connectivity index (χ4n) is 5.21. The van der Waals surface area contributed by atoms with Crippen molar-refractivity contribution in [1.29, 1.82) is 0 Å². The summed E-state index contributed by atoms with van der Waals surface area (Å²) in [5.41, 5.74) is 2.35. The van der Waals surface area contributed by atoms with E-state index in [1.165, 1.54) is 4.90 Å². The molecule has 0 bridgehead atoms. The molecule has 0 radical (unpaired) electrons. The third kappa shape index (κ3) is 3.53. The van der Waals surface area contributed by atoms with E-state index in [0.29, 0.717) is 31.1 Å². The predicted octanol–water partition coefficient (Wildman–Crippen LogP) is 3.43. The highest BCUT2D eigenvalue weighted by Crippen LogP contribution is 2.49. The summed E-state index contributed by atoms with van der Waals surface area (Å²) in [5.74, 6) is -0.124. The fourth-order valence-corrected chi connectivity index (χ4v) is 5.39. The van der Waals surface area contributed by atoms with Gasteiger partial charge in [-0.2, -0.15) is 0 Å². The Hall–Kier alpha value is -3.07. The van der Waals surface area contributed by atoms with Gasteiger partial charge in [-0.3, -0.25) is 14.6 Å². The van der Waals surface area contributed by atoms with E-state index in [2.05, 4.69) is 10.3 Å². The van der Waals surface area contributed by atoms with Crippen LogP contribution >= 0.6 is 11.6 Å². The minimum absolute atomic E-state index is 0.0997. The summed E-state index contributed by atoms with van der Waals surface area (Å²) in [4.78, 5) is 33.9. The Morgan fingerprint density at radius 1 is 1.24 bits per heavy atom. The molecule has 3 N–H and O–H groups in total. The van der Waals surface area contributed by atoms with E-state index in [1.54, 1.807) is 30.2 Å². The molecule has 1 saturated heterocycles. The van der Waals surface area contributed by atoms with Crippen LogP contribution in [0.2, 0.25) is 5.02 Å². The summed E-state index contributed by atoms with van der Waals surface area (Å²) in [7, 11) is 1.63. The number of halogens is 1. The quantitative estimate of drug-likeness (QED) is 0.354. The number of nitrogens with one attached hydrogen (secondary N) is 2. The van der Waals surface area contributed by atoms with Gasteiger partial charge in [0.05, 0.1) is 6.61 Å². The minimum atomic E-state index is -1.07. The first-order chi connectivity index (χ1) is 16.3. The van der Waals surface area contributed by atoms with E-state index in [1.807, 2.05) is 31.2 Å². The van der Waals surface area contributed by atoms with Gasteiger partial charge in [0.1, 0.15) is 17.3 Å². The van der Waals surface area contributed by atoms with Crippen LogP contribution in [0.1, 0.15) is 29.8 Å². The number of benzene rings is 2. The maximum atomic E-state index is 13.7. The van der Waals surface area contributed by atoms with E-state index in [9.17, 15) is 14.7 Å². The van der Waals surface area contributed by atoms with Gasteiger partial charge in [0.15, 0.2) is 0 Å². The molecule has 1 fully saturated rings. The van der Waals surface area contributed by atoms with Crippen molar-refractivity contribution in [3.05, 3.63) is 64.3 Å². The van der Waals surface area contributed by atoms with Crippen molar-refractivity contribution in [2.75, 3.05) is 33.4 Å². The van der Waals surface area contributed by atoms with Crippen LogP contribution in [0, 0.1) is 0 Å². The third-order valence-electron chi connectivity index (χ3n) is 6.81. The van der Waals surface area contributed by atoms with Crippen LogP contribution in [-0.4, -0.2) is 70.7 Å². The number of aromatic hydroxyl groups is 1.